The Hall–Kier alpha value is -1.56. The molecule has 0 radical (unpaired) electrons. The van der Waals surface area contributed by atoms with Crippen LogP contribution in [0.4, 0.5) is 0 Å². The molecule has 0 rings (SSSR count). The van der Waals surface area contributed by atoms with Crippen LogP contribution in [0.15, 0.2) is 0 Å². The standard InChI is InChI=1S/C12H24O.C11H24N2O.C11H20O2/c1-10(2)8-6-5-7-9-12(13)11(3)4;1-9(2)11(14)13(6)8-7-12(5)10(3)4;1-8(2)10(12)6-5-7-11(13)9(3)4/h10-11H,5-9H2,1-4H3;9-10H,7-8H2,1-6H3;8-9H,5-7H2,1-4H3. The monoisotopic (exact) mass is 569 g/mol. The third-order valence-electron chi connectivity index (χ3n) is 7.02. The van der Waals surface area contributed by atoms with Crippen LogP contribution in [0.3, 0.4) is 0 Å². The molecule has 238 valence electrons. The van der Waals surface area contributed by atoms with Gasteiger partial charge in [-0.25, -0.2) is 0 Å². The van der Waals surface area contributed by atoms with Crippen LogP contribution in [0.1, 0.15) is 134 Å². The average Bonchev–Trinajstić information content (AvgIpc) is 2.86. The summed E-state index contributed by atoms with van der Waals surface area (Å²) in [7, 11) is 3.95. The van der Waals surface area contributed by atoms with Crippen LogP contribution in [0.2, 0.25) is 0 Å². The highest BCUT2D eigenvalue weighted by Crippen LogP contribution is 2.11. The number of carbonyl (C=O) groups is 4. The van der Waals surface area contributed by atoms with Crippen LogP contribution in [0.25, 0.3) is 0 Å². The number of rotatable bonds is 18. The Morgan fingerprint density at radius 2 is 0.900 bits per heavy atom. The number of ketones is 3. The highest BCUT2D eigenvalue weighted by atomic mass is 16.2. The summed E-state index contributed by atoms with van der Waals surface area (Å²) < 4.78 is 0. The number of carbonyl (C=O) groups excluding carboxylic acids is 4. The van der Waals surface area contributed by atoms with Gasteiger partial charge >= 0.3 is 0 Å². The van der Waals surface area contributed by atoms with E-state index in [9.17, 15) is 19.2 Å². The lowest BCUT2D eigenvalue weighted by Crippen LogP contribution is -2.38. The Morgan fingerprint density at radius 1 is 0.500 bits per heavy atom. The van der Waals surface area contributed by atoms with Crippen molar-refractivity contribution < 1.29 is 19.2 Å². The second-order valence-corrected chi connectivity index (χ2v) is 13.2. The molecule has 0 atom stereocenters. The lowest BCUT2D eigenvalue weighted by atomic mass is 9.99. The smallest absolute Gasteiger partial charge is 0.224 e. The first-order valence-electron chi connectivity index (χ1n) is 15.9. The second kappa shape index (κ2) is 25.2. The van der Waals surface area contributed by atoms with Gasteiger partial charge in [0.1, 0.15) is 17.3 Å². The van der Waals surface area contributed by atoms with Gasteiger partial charge in [0.25, 0.3) is 0 Å². The normalized spacial score (nSPS) is 11.2. The molecule has 0 saturated heterocycles. The van der Waals surface area contributed by atoms with Crippen molar-refractivity contribution in [2.24, 2.45) is 29.6 Å². The molecule has 0 aromatic carbocycles. The van der Waals surface area contributed by atoms with Crippen molar-refractivity contribution >= 4 is 23.3 Å². The fraction of sp³-hybridized carbons (Fsp3) is 0.882. The van der Waals surface area contributed by atoms with Gasteiger partial charge in [0.15, 0.2) is 0 Å². The molecule has 0 heterocycles. The predicted octanol–water partition coefficient (Wildman–Crippen LogP) is 7.87. The molecule has 0 aliphatic heterocycles. The van der Waals surface area contributed by atoms with Crippen molar-refractivity contribution in [1.29, 1.82) is 0 Å². The van der Waals surface area contributed by atoms with Gasteiger partial charge in [0, 0.05) is 69.1 Å². The molecule has 0 aliphatic rings. The largest absolute Gasteiger partial charge is 0.344 e. The van der Waals surface area contributed by atoms with E-state index in [4.69, 9.17) is 0 Å². The molecule has 0 N–H and O–H groups in total. The van der Waals surface area contributed by atoms with E-state index in [1.54, 1.807) is 0 Å². The molecule has 0 aromatic heterocycles. The maximum absolute atomic E-state index is 11.5. The van der Waals surface area contributed by atoms with E-state index in [1.165, 1.54) is 19.3 Å². The molecule has 40 heavy (non-hydrogen) atoms. The summed E-state index contributed by atoms with van der Waals surface area (Å²) in [5.41, 5.74) is 0. The fourth-order valence-electron chi connectivity index (χ4n) is 3.45. The topological polar surface area (TPSA) is 74.8 Å². The molecule has 6 heteroatoms. The molecule has 0 spiro atoms. The van der Waals surface area contributed by atoms with E-state index >= 15 is 0 Å². The van der Waals surface area contributed by atoms with Gasteiger partial charge in [-0.05, 0) is 39.7 Å². The average molecular weight is 569 g/mol. The first-order chi connectivity index (χ1) is 18.3. The number of likely N-dealkylation sites (N-methyl/N-ethyl adjacent to an activating group) is 2. The van der Waals surface area contributed by atoms with Gasteiger partial charge in [0.05, 0.1) is 0 Å². The number of Topliss-reactive ketones (excluding diaryl/α,β-unsaturated/α-hetero) is 3. The summed E-state index contributed by atoms with van der Waals surface area (Å²) >= 11 is 0. The van der Waals surface area contributed by atoms with Crippen LogP contribution in [-0.4, -0.2) is 66.3 Å². The quantitative estimate of drug-likeness (QED) is 0.157. The summed E-state index contributed by atoms with van der Waals surface area (Å²) in [6.07, 6.45) is 7.50. The van der Waals surface area contributed by atoms with Crippen LogP contribution in [-0.2, 0) is 19.2 Å². The third kappa shape index (κ3) is 26.7. The van der Waals surface area contributed by atoms with Crippen LogP contribution >= 0.6 is 0 Å². The molecule has 0 aromatic rings. The van der Waals surface area contributed by atoms with Crippen LogP contribution in [0.5, 0.6) is 0 Å². The Kier molecular flexibility index (Phi) is 27.0. The minimum absolute atomic E-state index is 0.101. The Bertz CT molecular complexity index is 661. The van der Waals surface area contributed by atoms with E-state index in [0.717, 1.165) is 31.8 Å². The number of amides is 1. The zero-order valence-electron chi connectivity index (χ0n) is 29.1. The number of hydrogen-bond acceptors (Lipinski definition) is 5. The summed E-state index contributed by atoms with van der Waals surface area (Å²) in [5.74, 6) is 2.51. The van der Waals surface area contributed by atoms with Gasteiger partial charge in [-0.15, -0.1) is 0 Å². The molecular formula is C34H68N2O4. The lowest BCUT2D eigenvalue weighted by Gasteiger charge is -2.25. The molecule has 0 aliphatic carbocycles. The summed E-state index contributed by atoms with van der Waals surface area (Å²) in [4.78, 5) is 49.2. The Morgan fingerprint density at radius 3 is 1.23 bits per heavy atom. The third-order valence-corrected chi connectivity index (χ3v) is 7.02. The molecular weight excluding hydrogens is 500 g/mol. The SMILES string of the molecule is CC(C)C(=O)CCCC(=O)C(C)C.CC(C)C(=O)N(C)CCN(C)C(C)C.CC(C)CCCCCC(=O)C(C)C. The Labute approximate surface area is 249 Å². The summed E-state index contributed by atoms with van der Waals surface area (Å²) in [6, 6.07) is 0.539. The molecule has 0 bridgehead atoms. The second-order valence-electron chi connectivity index (χ2n) is 13.2. The van der Waals surface area contributed by atoms with Gasteiger partial charge in [-0.1, -0.05) is 88.5 Å². The first-order valence-corrected chi connectivity index (χ1v) is 15.9. The molecule has 6 nitrogen and oxygen atoms in total. The Balaban J connectivity index is -0.000000514. The van der Waals surface area contributed by atoms with E-state index in [-0.39, 0.29) is 41.1 Å². The number of hydrogen-bond donors (Lipinski definition) is 0. The number of nitrogens with zero attached hydrogens (tertiary/aromatic N) is 2. The maximum Gasteiger partial charge on any atom is 0.224 e. The van der Waals surface area contributed by atoms with Crippen LogP contribution in [0, 0.1) is 29.6 Å². The zero-order chi connectivity index (χ0) is 32.0. The van der Waals surface area contributed by atoms with Crippen molar-refractivity contribution in [3.05, 3.63) is 0 Å². The predicted molar refractivity (Wildman–Crippen MR) is 172 cm³/mol. The van der Waals surface area contributed by atoms with Gasteiger partial charge in [-0.2, -0.15) is 0 Å². The van der Waals surface area contributed by atoms with E-state index in [2.05, 4.69) is 39.6 Å². The minimum atomic E-state index is 0.101. The van der Waals surface area contributed by atoms with Crippen molar-refractivity contribution in [3.8, 4) is 0 Å². The molecule has 1 amide bonds. The van der Waals surface area contributed by atoms with E-state index in [0.29, 0.717) is 31.1 Å². The molecule has 0 fully saturated rings. The van der Waals surface area contributed by atoms with Crippen molar-refractivity contribution in [2.75, 3.05) is 27.2 Å². The van der Waals surface area contributed by atoms with E-state index < -0.39 is 0 Å². The van der Waals surface area contributed by atoms with Crippen molar-refractivity contribution in [1.82, 2.24) is 9.80 Å². The van der Waals surface area contributed by atoms with Gasteiger partial charge in [-0.3, -0.25) is 19.2 Å². The molecule has 0 unspecified atom stereocenters. The highest BCUT2D eigenvalue weighted by molar-refractivity contribution is 5.83. The van der Waals surface area contributed by atoms with Crippen molar-refractivity contribution in [3.63, 3.8) is 0 Å². The number of unbranched alkanes of at least 4 members (excludes halogenated alkanes) is 2. The fourth-order valence-corrected chi connectivity index (χ4v) is 3.45. The summed E-state index contributed by atoms with van der Waals surface area (Å²) in [5, 5.41) is 0. The highest BCUT2D eigenvalue weighted by Gasteiger charge is 2.14. The lowest BCUT2D eigenvalue weighted by molar-refractivity contribution is -0.133. The maximum atomic E-state index is 11.5. The minimum Gasteiger partial charge on any atom is -0.344 e. The van der Waals surface area contributed by atoms with E-state index in [1.807, 2.05) is 67.3 Å². The first kappa shape index (κ1) is 42.9. The van der Waals surface area contributed by atoms with Gasteiger partial charge in [0.2, 0.25) is 5.91 Å². The van der Waals surface area contributed by atoms with Crippen molar-refractivity contribution in [2.45, 2.75) is 140 Å². The zero-order valence-corrected chi connectivity index (χ0v) is 29.1. The van der Waals surface area contributed by atoms with Gasteiger partial charge < -0.3 is 9.80 Å². The summed E-state index contributed by atoms with van der Waals surface area (Å²) in [6.45, 7) is 26.0. The molecule has 0 saturated carbocycles. The van der Waals surface area contributed by atoms with Crippen LogP contribution < -0.4 is 0 Å².